The van der Waals surface area contributed by atoms with E-state index in [1.165, 1.54) is 4.90 Å². The number of aryl methyl sites for hydroxylation is 1. The molecular weight excluding hydrogens is 548 g/mol. The van der Waals surface area contributed by atoms with Crippen LogP contribution in [-0.4, -0.2) is 50.6 Å². The summed E-state index contributed by atoms with van der Waals surface area (Å²) in [5.41, 5.74) is 5.32. The van der Waals surface area contributed by atoms with Gasteiger partial charge in [0.05, 0.1) is 10.5 Å². The molecule has 2 aromatic heterocycles. The molecule has 10 nitrogen and oxygen atoms in total. The van der Waals surface area contributed by atoms with Crippen molar-refractivity contribution in [2.45, 2.75) is 63.1 Å². The largest absolute Gasteiger partial charge is 0.447 e. The Labute approximate surface area is 240 Å². The van der Waals surface area contributed by atoms with Gasteiger partial charge in [0.25, 0.3) is 17.4 Å². The monoisotopic (exact) mass is 576 g/mol. The Bertz CT molecular complexity index is 1750. The SMILES string of the molecule is Cc1onc2c1c(=O)n(C1CCCC(OC(=O)C3CCCN3C(=O)c3ccccc3)(C(N)=O)C1)c1cccc(Cl)c21. The van der Waals surface area contributed by atoms with Crippen molar-refractivity contribution < 1.29 is 23.6 Å². The van der Waals surface area contributed by atoms with Crippen LogP contribution in [0.25, 0.3) is 21.8 Å². The summed E-state index contributed by atoms with van der Waals surface area (Å²) >= 11 is 6.57. The smallest absolute Gasteiger partial charge is 0.329 e. The minimum Gasteiger partial charge on any atom is -0.447 e. The van der Waals surface area contributed by atoms with E-state index < -0.39 is 29.6 Å². The van der Waals surface area contributed by atoms with Crippen LogP contribution < -0.4 is 11.3 Å². The Morgan fingerprint density at radius 2 is 1.85 bits per heavy atom. The number of likely N-dealkylation sites (tertiary alicyclic amines) is 1. The maximum atomic E-state index is 13.9. The highest BCUT2D eigenvalue weighted by Gasteiger charge is 2.48. The van der Waals surface area contributed by atoms with E-state index in [4.69, 9.17) is 26.6 Å². The van der Waals surface area contributed by atoms with Gasteiger partial charge in [-0.15, -0.1) is 0 Å². The quantitative estimate of drug-likeness (QED) is 0.350. The number of hydrogen-bond acceptors (Lipinski definition) is 7. The summed E-state index contributed by atoms with van der Waals surface area (Å²) in [5, 5.41) is 5.36. The first-order valence-electron chi connectivity index (χ1n) is 13.7. The maximum Gasteiger partial charge on any atom is 0.329 e. The van der Waals surface area contributed by atoms with E-state index in [-0.39, 0.29) is 24.3 Å². The fraction of sp³-hybridized carbons (Fsp3) is 0.367. The number of fused-ring (bicyclic) bond motifs is 3. The third kappa shape index (κ3) is 4.46. The molecule has 0 spiro atoms. The van der Waals surface area contributed by atoms with Crippen LogP contribution in [0.4, 0.5) is 0 Å². The van der Waals surface area contributed by atoms with Crippen molar-refractivity contribution in [1.29, 1.82) is 0 Å². The van der Waals surface area contributed by atoms with Crippen LogP contribution in [0.2, 0.25) is 5.02 Å². The molecule has 4 aromatic rings. The van der Waals surface area contributed by atoms with Crippen LogP contribution in [0.1, 0.15) is 60.7 Å². The highest BCUT2D eigenvalue weighted by atomic mass is 35.5. The lowest BCUT2D eigenvalue weighted by Gasteiger charge is -2.39. The number of halogens is 1. The predicted octanol–water partition coefficient (Wildman–Crippen LogP) is 4.29. The summed E-state index contributed by atoms with van der Waals surface area (Å²) in [5.74, 6) is -1.37. The summed E-state index contributed by atoms with van der Waals surface area (Å²) in [4.78, 5) is 55.1. The number of amides is 2. The Morgan fingerprint density at radius 3 is 2.61 bits per heavy atom. The molecule has 1 aliphatic heterocycles. The predicted molar refractivity (Wildman–Crippen MR) is 152 cm³/mol. The molecule has 1 aliphatic carbocycles. The number of nitrogens with two attached hydrogens (primary N) is 1. The first-order valence-corrected chi connectivity index (χ1v) is 14.1. The molecule has 3 heterocycles. The van der Waals surface area contributed by atoms with Gasteiger partial charge in [0.2, 0.25) is 0 Å². The third-order valence-electron chi connectivity index (χ3n) is 8.38. The zero-order valence-electron chi connectivity index (χ0n) is 22.5. The molecule has 2 N–H and O–H groups in total. The molecule has 212 valence electrons. The first-order chi connectivity index (χ1) is 19.7. The number of esters is 1. The highest BCUT2D eigenvalue weighted by molar-refractivity contribution is 6.37. The van der Waals surface area contributed by atoms with E-state index in [2.05, 4.69) is 5.16 Å². The number of rotatable bonds is 5. The molecule has 41 heavy (non-hydrogen) atoms. The van der Waals surface area contributed by atoms with Crippen LogP contribution in [0.15, 0.2) is 57.8 Å². The lowest BCUT2D eigenvalue weighted by molar-refractivity contribution is -0.176. The van der Waals surface area contributed by atoms with E-state index in [9.17, 15) is 19.2 Å². The van der Waals surface area contributed by atoms with Gasteiger partial charge in [-0.3, -0.25) is 14.4 Å². The van der Waals surface area contributed by atoms with Crippen LogP contribution in [-0.2, 0) is 14.3 Å². The number of nitrogens with zero attached hydrogens (tertiary/aromatic N) is 3. The van der Waals surface area contributed by atoms with Gasteiger partial charge in [-0.1, -0.05) is 41.0 Å². The van der Waals surface area contributed by atoms with Crippen molar-refractivity contribution in [3.8, 4) is 0 Å². The average molecular weight is 577 g/mol. The van der Waals surface area contributed by atoms with Gasteiger partial charge in [0.1, 0.15) is 22.7 Å². The summed E-state index contributed by atoms with van der Waals surface area (Å²) < 4.78 is 12.9. The minimum atomic E-state index is -1.65. The van der Waals surface area contributed by atoms with Crippen LogP contribution in [0.3, 0.4) is 0 Å². The van der Waals surface area contributed by atoms with E-state index in [0.717, 1.165) is 0 Å². The van der Waals surface area contributed by atoms with Crippen molar-refractivity contribution in [1.82, 2.24) is 14.6 Å². The fourth-order valence-corrected chi connectivity index (χ4v) is 6.65. The van der Waals surface area contributed by atoms with Crippen LogP contribution in [0, 0.1) is 6.92 Å². The molecule has 11 heteroatoms. The van der Waals surface area contributed by atoms with Crippen LogP contribution in [0.5, 0.6) is 0 Å². The number of carbonyl (C=O) groups excluding carboxylic acids is 3. The molecule has 0 radical (unpaired) electrons. The zero-order valence-corrected chi connectivity index (χ0v) is 23.2. The molecule has 1 saturated heterocycles. The van der Waals surface area contributed by atoms with Gasteiger partial charge in [-0.05, 0) is 63.3 Å². The van der Waals surface area contributed by atoms with Gasteiger partial charge < -0.3 is 24.5 Å². The molecule has 2 aliphatic rings. The van der Waals surface area contributed by atoms with E-state index in [0.29, 0.717) is 70.4 Å². The Morgan fingerprint density at radius 1 is 1.07 bits per heavy atom. The highest BCUT2D eigenvalue weighted by Crippen LogP contribution is 2.41. The summed E-state index contributed by atoms with van der Waals surface area (Å²) in [6.07, 6.45) is 2.29. The van der Waals surface area contributed by atoms with Crippen LogP contribution >= 0.6 is 11.6 Å². The molecule has 0 bridgehead atoms. The first kappa shape index (κ1) is 27.0. The van der Waals surface area contributed by atoms with Gasteiger partial charge in [0, 0.05) is 30.0 Å². The maximum absolute atomic E-state index is 13.9. The molecule has 2 aromatic carbocycles. The second-order valence-corrected chi connectivity index (χ2v) is 11.2. The standard InChI is InChI=1S/C30H29ClN4O6/c1-17-23-25(33-41-17)24-20(31)11-5-12-21(24)35(27(23)37)19-10-6-14-30(16-19,29(32)39)40-28(38)22-13-7-15-34(22)26(36)18-8-3-2-4-9-18/h2-5,8-9,11-12,19,22H,6-7,10,13-16H2,1H3,(H2,32,39). The van der Waals surface area contributed by atoms with Crippen molar-refractivity contribution in [3.05, 3.63) is 75.2 Å². The van der Waals surface area contributed by atoms with Gasteiger partial charge in [-0.25, -0.2) is 4.79 Å². The lowest BCUT2D eigenvalue weighted by atomic mass is 9.80. The number of benzene rings is 2. The molecule has 6 rings (SSSR count). The van der Waals surface area contributed by atoms with Crippen molar-refractivity contribution in [3.63, 3.8) is 0 Å². The number of pyridine rings is 1. The number of carbonyl (C=O) groups is 3. The molecule has 3 unspecified atom stereocenters. The molecule has 2 fully saturated rings. The van der Waals surface area contributed by atoms with E-state index in [1.54, 1.807) is 54.0 Å². The number of ether oxygens (including phenoxy) is 1. The van der Waals surface area contributed by atoms with Gasteiger partial charge >= 0.3 is 5.97 Å². The topological polar surface area (TPSA) is 138 Å². The Kier molecular flexibility index (Phi) is 6.81. The fourth-order valence-electron chi connectivity index (χ4n) is 6.39. The van der Waals surface area contributed by atoms with E-state index >= 15 is 0 Å². The van der Waals surface area contributed by atoms with Crippen molar-refractivity contribution in [2.24, 2.45) is 5.73 Å². The Hall–Kier alpha value is -4.18. The summed E-state index contributed by atoms with van der Waals surface area (Å²) in [7, 11) is 0. The molecule has 1 saturated carbocycles. The number of primary amides is 1. The Balaban J connectivity index is 1.35. The lowest BCUT2D eigenvalue weighted by Crippen LogP contribution is -2.54. The van der Waals surface area contributed by atoms with Crippen molar-refractivity contribution >= 4 is 51.2 Å². The average Bonchev–Trinajstić information content (AvgIpc) is 3.61. The summed E-state index contributed by atoms with van der Waals surface area (Å²) in [6.45, 7) is 2.06. The number of hydrogen-bond donors (Lipinski definition) is 1. The van der Waals surface area contributed by atoms with Gasteiger partial charge in [-0.2, -0.15) is 0 Å². The van der Waals surface area contributed by atoms with E-state index in [1.807, 2.05) is 6.07 Å². The number of aromatic nitrogens is 2. The summed E-state index contributed by atoms with van der Waals surface area (Å²) in [6, 6.07) is 12.6. The normalized spacial score (nSPS) is 22.7. The van der Waals surface area contributed by atoms with Gasteiger partial charge in [0.15, 0.2) is 5.60 Å². The molecule has 3 atom stereocenters. The second-order valence-electron chi connectivity index (χ2n) is 10.8. The molecular formula is C30H29ClN4O6. The zero-order chi connectivity index (χ0) is 28.9. The third-order valence-corrected chi connectivity index (χ3v) is 8.70. The van der Waals surface area contributed by atoms with Crippen molar-refractivity contribution in [2.75, 3.05) is 6.54 Å². The minimum absolute atomic E-state index is 0.00474. The second kappa shape index (κ2) is 10.3. The molecule has 2 amide bonds.